The molecule has 0 unspecified atom stereocenters. The van der Waals surface area contributed by atoms with E-state index in [1.54, 1.807) is 0 Å². The van der Waals surface area contributed by atoms with Gasteiger partial charge in [-0.25, -0.2) is 0 Å². The van der Waals surface area contributed by atoms with Crippen LogP contribution in [0.5, 0.6) is 0 Å². The van der Waals surface area contributed by atoms with Crippen molar-refractivity contribution in [1.29, 1.82) is 0 Å². The molecular formula is C14H31OP. The Balaban J connectivity index is 3.92. The lowest BCUT2D eigenvalue weighted by Gasteiger charge is -2.17. The fourth-order valence-corrected chi connectivity index (χ4v) is 5.31. The quantitative estimate of drug-likeness (QED) is 0.346. The van der Waals surface area contributed by atoms with Crippen LogP contribution in [0, 0.1) is 0 Å². The molecule has 0 aliphatic rings. The first-order valence-electron chi connectivity index (χ1n) is 7.25. The molecule has 0 radical (unpaired) electrons. The fraction of sp³-hybridized carbons (Fsp3) is 1.00. The summed E-state index contributed by atoms with van der Waals surface area (Å²) in [4.78, 5) is 0. The minimum Gasteiger partial charge on any atom is -0.324 e. The standard InChI is InChI=1S/C14H31OP/c1-4-7-10-11-14-16(15,12-8-5-2)13-9-6-3/h4-14H2,1-3H3. The molecule has 0 saturated heterocycles. The second kappa shape index (κ2) is 10.4. The summed E-state index contributed by atoms with van der Waals surface area (Å²) in [6.45, 7) is 6.62. The summed E-state index contributed by atoms with van der Waals surface area (Å²) in [7, 11) is -1.79. The van der Waals surface area contributed by atoms with E-state index in [0.29, 0.717) is 0 Å². The van der Waals surface area contributed by atoms with Crippen LogP contribution in [-0.4, -0.2) is 18.5 Å². The summed E-state index contributed by atoms with van der Waals surface area (Å²) >= 11 is 0. The molecule has 0 aromatic heterocycles. The van der Waals surface area contributed by atoms with Crippen molar-refractivity contribution >= 4 is 7.14 Å². The van der Waals surface area contributed by atoms with Crippen molar-refractivity contribution in [3.05, 3.63) is 0 Å². The highest BCUT2D eigenvalue weighted by Gasteiger charge is 2.19. The molecule has 0 aliphatic heterocycles. The molecule has 0 bridgehead atoms. The van der Waals surface area contributed by atoms with Gasteiger partial charge in [-0.3, -0.25) is 0 Å². The zero-order chi connectivity index (χ0) is 12.3. The van der Waals surface area contributed by atoms with Crippen molar-refractivity contribution in [2.24, 2.45) is 0 Å². The van der Waals surface area contributed by atoms with E-state index in [4.69, 9.17) is 0 Å². The van der Waals surface area contributed by atoms with Crippen molar-refractivity contribution < 1.29 is 4.57 Å². The van der Waals surface area contributed by atoms with E-state index in [1.165, 1.54) is 38.5 Å². The molecule has 0 saturated carbocycles. The van der Waals surface area contributed by atoms with Crippen LogP contribution in [-0.2, 0) is 4.57 Å². The van der Waals surface area contributed by atoms with Gasteiger partial charge in [0.2, 0.25) is 0 Å². The van der Waals surface area contributed by atoms with Gasteiger partial charge in [0.25, 0.3) is 0 Å². The monoisotopic (exact) mass is 246 g/mol. The van der Waals surface area contributed by atoms with Crippen LogP contribution in [0.2, 0.25) is 0 Å². The second-order valence-corrected chi connectivity index (χ2v) is 8.45. The topological polar surface area (TPSA) is 17.1 Å². The van der Waals surface area contributed by atoms with Crippen LogP contribution in [0.3, 0.4) is 0 Å². The SMILES string of the molecule is CCCCCCP(=O)(CCCC)CCCC. The van der Waals surface area contributed by atoms with Gasteiger partial charge in [0, 0.05) is 18.5 Å². The Labute approximate surface area is 103 Å². The maximum atomic E-state index is 12.7. The Morgan fingerprint density at radius 1 is 0.625 bits per heavy atom. The molecule has 1 nitrogen and oxygen atoms in total. The summed E-state index contributed by atoms with van der Waals surface area (Å²) in [5.41, 5.74) is 0. The maximum absolute atomic E-state index is 12.7. The van der Waals surface area contributed by atoms with Crippen molar-refractivity contribution in [3.63, 3.8) is 0 Å². The lowest BCUT2D eigenvalue weighted by atomic mass is 10.2. The molecule has 98 valence electrons. The third-order valence-corrected chi connectivity index (χ3v) is 6.65. The van der Waals surface area contributed by atoms with Gasteiger partial charge in [-0.1, -0.05) is 52.9 Å². The Hall–Kier alpha value is 0.230. The molecule has 0 amide bonds. The first-order valence-corrected chi connectivity index (χ1v) is 9.52. The molecule has 0 aromatic rings. The molecule has 0 fully saturated rings. The molecule has 0 N–H and O–H groups in total. The summed E-state index contributed by atoms with van der Waals surface area (Å²) < 4.78 is 12.7. The highest BCUT2D eigenvalue weighted by atomic mass is 31.2. The van der Waals surface area contributed by atoms with E-state index < -0.39 is 7.14 Å². The molecule has 0 aliphatic carbocycles. The van der Waals surface area contributed by atoms with Gasteiger partial charge < -0.3 is 4.57 Å². The molecule has 16 heavy (non-hydrogen) atoms. The number of hydrogen-bond acceptors (Lipinski definition) is 1. The smallest absolute Gasteiger partial charge is 0.0877 e. The van der Waals surface area contributed by atoms with E-state index >= 15 is 0 Å². The van der Waals surface area contributed by atoms with Gasteiger partial charge in [0.05, 0.1) is 7.14 Å². The number of hydrogen-bond donors (Lipinski definition) is 0. The van der Waals surface area contributed by atoms with E-state index in [1.807, 2.05) is 0 Å². The Bertz CT molecular complexity index is 177. The summed E-state index contributed by atoms with van der Waals surface area (Å²) in [6, 6.07) is 0. The third-order valence-electron chi connectivity index (χ3n) is 3.26. The van der Waals surface area contributed by atoms with Gasteiger partial charge in [0.1, 0.15) is 0 Å². The molecule has 0 heterocycles. The average Bonchev–Trinajstić information content (AvgIpc) is 2.30. The second-order valence-electron chi connectivity index (χ2n) is 5.00. The molecule has 0 spiro atoms. The largest absolute Gasteiger partial charge is 0.324 e. The average molecular weight is 246 g/mol. The highest BCUT2D eigenvalue weighted by Crippen LogP contribution is 2.48. The predicted molar refractivity (Wildman–Crippen MR) is 76.2 cm³/mol. The first kappa shape index (κ1) is 16.2. The number of unbranched alkanes of at least 4 members (excludes halogenated alkanes) is 5. The summed E-state index contributed by atoms with van der Waals surface area (Å²) in [5, 5.41) is 0. The molecule has 0 rings (SSSR count). The predicted octanol–water partition coefficient (Wildman–Crippen LogP) is 5.53. The van der Waals surface area contributed by atoms with Crippen molar-refractivity contribution in [3.8, 4) is 0 Å². The molecular weight excluding hydrogens is 215 g/mol. The summed E-state index contributed by atoms with van der Waals surface area (Å²) in [5.74, 6) is 0. The maximum Gasteiger partial charge on any atom is 0.0877 e. The van der Waals surface area contributed by atoms with Crippen molar-refractivity contribution in [2.75, 3.05) is 18.5 Å². The minimum atomic E-state index is -1.79. The van der Waals surface area contributed by atoms with Gasteiger partial charge in [0.15, 0.2) is 0 Å². The normalized spacial score (nSPS) is 11.9. The Morgan fingerprint density at radius 3 is 1.50 bits per heavy atom. The Morgan fingerprint density at radius 2 is 1.06 bits per heavy atom. The minimum absolute atomic E-state index is 1.01. The number of rotatable bonds is 11. The summed E-state index contributed by atoms with van der Waals surface area (Å²) in [6.07, 6.45) is 12.8. The van der Waals surface area contributed by atoms with Gasteiger partial charge in [-0.05, 0) is 19.3 Å². The van der Waals surface area contributed by atoms with Crippen molar-refractivity contribution in [1.82, 2.24) is 0 Å². The van der Waals surface area contributed by atoms with Crippen LogP contribution in [0.25, 0.3) is 0 Å². The first-order chi connectivity index (χ1) is 7.68. The van der Waals surface area contributed by atoms with E-state index in [0.717, 1.165) is 31.3 Å². The van der Waals surface area contributed by atoms with E-state index in [-0.39, 0.29) is 0 Å². The zero-order valence-corrected chi connectivity index (χ0v) is 12.5. The lowest BCUT2D eigenvalue weighted by Crippen LogP contribution is -2.01. The lowest BCUT2D eigenvalue weighted by molar-refractivity contribution is 0.565. The third kappa shape index (κ3) is 8.39. The van der Waals surface area contributed by atoms with Crippen LogP contribution in [0.1, 0.15) is 72.1 Å². The van der Waals surface area contributed by atoms with Gasteiger partial charge in [-0.15, -0.1) is 0 Å². The Kier molecular flexibility index (Phi) is 10.5. The van der Waals surface area contributed by atoms with Crippen LogP contribution in [0.15, 0.2) is 0 Å². The van der Waals surface area contributed by atoms with E-state index in [2.05, 4.69) is 20.8 Å². The fourth-order valence-electron chi connectivity index (χ4n) is 2.05. The molecule has 0 aromatic carbocycles. The van der Waals surface area contributed by atoms with Crippen LogP contribution < -0.4 is 0 Å². The van der Waals surface area contributed by atoms with E-state index in [9.17, 15) is 4.57 Å². The molecule has 0 atom stereocenters. The van der Waals surface area contributed by atoms with Gasteiger partial charge >= 0.3 is 0 Å². The van der Waals surface area contributed by atoms with Crippen LogP contribution >= 0.6 is 7.14 Å². The zero-order valence-electron chi connectivity index (χ0n) is 11.6. The molecule has 2 heteroatoms. The highest BCUT2D eigenvalue weighted by molar-refractivity contribution is 7.63. The van der Waals surface area contributed by atoms with Crippen molar-refractivity contribution in [2.45, 2.75) is 72.1 Å². The van der Waals surface area contributed by atoms with Crippen LogP contribution in [0.4, 0.5) is 0 Å². The van der Waals surface area contributed by atoms with Gasteiger partial charge in [-0.2, -0.15) is 0 Å².